The van der Waals surface area contributed by atoms with Crippen LogP contribution >= 0.6 is 22.9 Å². The maximum absolute atomic E-state index is 9.48. The molecular weight excluding hydrogens is 300 g/mol. The summed E-state index contributed by atoms with van der Waals surface area (Å²) in [7, 11) is 0. The summed E-state index contributed by atoms with van der Waals surface area (Å²) in [5, 5.41) is 12.7. The summed E-state index contributed by atoms with van der Waals surface area (Å²) in [4.78, 5) is 0. The molecule has 102 valence electrons. The number of hydrogen-bond donors (Lipinski definition) is 1. The molecule has 1 nitrogen and oxygen atoms in total. The Morgan fingerprint density at radius 1 is 0.857 bits per heavy atom. The third-order valence-electron chi connectivity index (χ3n) is 3.62. The van der Waals surface area contributed by atoms with Crippen LogP contribution < -0.4 is 0 Å². The van der Waals surface area contributed by atoms with Crippen molar-refractivity contribution in [1.82, 2.24) is 0 Å². The fraction of sp³-hybridized carbons (Fsp3) is 0. The lowest BCUT2D eigenvalue weighted by Gasteiger charge is -2.06. The number of thiophene rings is 1. The topological polar surface area (TPSA) is 20.2 Å². The monoisotopic (exact) mass is 310 g/mol. The van der Waals surface area contributed by atoms with Crippen LogP contribution in [-0.2, 0) is 0 Å². The van der Waals surface area contributed by atoms with Crippen LogP contribution in [0.2, 0.25) is 5.02 Å². The first kappa shape index (κ1) is 12.7. The number of aromatic hydroxyl groups is 1. The van der Waals surface area contributed by atoms with Gasteiger partial charge in [0.25, 0.3) is 0 Å². The minimum Gasteiger partial charge on any atom is -0.508 e. The van der Waals surface area contributed by atoms with Crippen LogP contribution in [0.4, 0.5) is 0 Å². The summed E-state index contributed by atoms with van der Waals surface area (Å²) >= 11 is 8.04. The second-order valence-corrected chi connectivity index (χ2v) is 6.49. The van der Waals surface area contributed by atoms with Gasteiger partial charge in [0.05, 0.1) is 0 Å². The third kappa shape index (κ3) is 2.08. The van der Waals surface area contributed by atoms with Crippen molar-refractivity contribution in [3.05, 3.63) is 65.7 Å². The van der Waals surface area contributed by atoms with Crippen molar-refractivity contribution in [1.29, 1.82) is 0 Å². The molecule has 1 N–H and O–H groups in total. The second-order valence-electron chi connectivity index (χ2n) is 4.97. The molecule has 0 fully saturated rings. The van der Waals surface area contributed by atoms with Gasteiger partial charge in [-0.05, 0) is 41.5 Å². The molecule has 1 heterocycles. The van der Waals surface area contributed by atoms with Gasteiger partial charge < -0.3 is 5.11 Å². The highest BCUT2D eigenvalue weighted by Gasteiger charge is 2.12. The van der Waals surface area contributed by atoms with E-state index in [1.165, 1.54) is 20.2 Å². The highest BCUT2D eigenvalue weighted by Crippen LogP contribution is 2.41. The fourth-order valence-corrected chi connectivity index (χ4v) is 4.14. The van der Waals surface area contributed by atoms with E-state index in [0.29, 0.717) is 0 Å². The van der Waals surface area contributed by atoms with Gasteiger partial charge in [-0.15, -0.1) is 11.3 Å². The number of fused-ring (bicyclic) bond motifs is 3. The van der Waals surface area contributed by atoms with E-state index in [4.69, 9.17) is 11.6 Å². The van der Waals surface area contributed by atoms with Gasteiger partial charge in [-0.2, -0.15) is 0 Å². The molecule has 0 unspecified atom stereocenters. The smallest absolute Gasteiger partial charge is 0.115 e. The van der Waals surface area contributed by atoms with Crippen LogP contribution in [0.25, 0.3) is 31.3 Å². The molecule has 3 aromatic carbocycles. The highest BCUT2D eigenvalue weighted by molar-refractivity contribution is 7.26. The van der Waals surface area contributed by atoms with Crippen molar-refractivity contribution >= 4 is 43.1 Å². The molecule has 0 aliphatic heterocycles. The van der Waals surface area contributed by atoms with E-state index in [9.17, 15) is 5.11 Å². The Labute approximate surface area is 131 Å². The summed E-state index contributed by atoms with van der Waals surface area (Å²) in [5.74, 6) is 0.271. The van der Waals surface area contributed by atoms with Crippen molar-refractivity contribution in [2.75, 3.05) is 0 Å². The number of rotatable bonds is 1. The normalized spacial score (nSPS) is 11.3. The number of phenolic OH excluding ortho intramolecular Hbond substituents is 1. The number of phenols is 1. The predicted octanol–water partition coefficient (Wildman–Crippen LogP) is 6.08. The van der Waals surface area contributed by atoms with Crippen molar-refractivity contribution in [2.45, 2.75) is 0 Å². The zero-order chi connectivity index (χ0) is 14.4. The molecule has 21 heavy (non-hydrogen) atoms. The zero-order valence-corrected chi connectivity index (χ0v) is 12.6. The maximum atomic E-state index is 9.48. The third-order valence-corrected chi connectivity index (χ3v) is 4.96. The molecule has 0 saturated carbocycles. The second kappa shape index (κ2) is 4.76. The quantitative estimate of drug-likeness (QED) is 0.451. The number of halogens is 1. The Kier molecular flexibility index (Phi) is 2.88. The number of benzene rings is 3. The van der Waals surface area contributed by atoms with Crippen molar-refractivity contribution in [3.8, 4) is 16.9 Å². The van der Waals surface area contributed by atoms with Crippen LogP contribution in [0.3, 0.4) is 0 Å². The lowest BCUT2D eigenvalue weighted by molar-refractivity contribution is 0.475. The average molecular weight is 311 g/mol. The van der Waals surface area contributed by atoms with Gasteiger partial charge in [0.2, 0.25) is 0 Å². The summed E-state index contributed by atoms with van der Waals surface area (Å²) in [6.07, 6.45) is 0. The summed E-state index contributed by atoms with van der Waals surface area (Å²) in [5.41, 5.74) is 2.17. The Morgan fingerprint density at radius 3 is 2.43 bits per heavy atom. The summed E-state index contributed by atoms with van der Waals surface area (Å²) in [6.45, 7) is 0. The minimum atomic E-state index is 0.271. The van der Waals surface area contributed by atoms with Crippen molar-refractivity contribution < 1.29 is 5.11 Å². The van der Waals surface area contributed by atoms with E-state index in [1.807, 2.05) is 24.3 Å². The molecule has 4 aromatic rings. The lowest BCUT2D eigenvalue weighted by Crippen LogP contribution is -1.80. The predicted molar refractivity (Wildman–Crippen MR) is 91.4 cm³/mol. The molecule has 1 aromatic heterocycles. The summed E-state index contributed by atoms with van der Waals surface area (Å²) < 4.78 is 2.45. The van der Waals surface area contributed by atoms with Gasteiger partial charge in [0, 0.05) is 25.2 Å². The lowest BCUT2D eigenvalue weighted by atomic mass is 9.99. The molecule has 0 spiro atoms. The highest BCUT2D eigenvalue weighted by atomic mass is 35.5. The maximum Gasteiger partial charge on any atom is 0.115 e. The Bertz CT molecular complexity index is 954. The molecular formula is C18H11ClOS. The average Bonchev–Trinajstić information content (AvgIpc) is 2.85. The van der Waals surface area contributed by atoms with E-state index >= 15 is 0 Å². The van der Waals surface area contributed by atoms with Gasteiger partial charge in [-0.3, -0.25) is 0 Å². The van der Waals surface area contributed by atoms with Gasteiger partial charge in [0.1, 0.15) is 5.75 Å². The Balaban J connectivity index is 2.13. The van der Waals surface area contributed by atoms with E-state index in [-0.39, 0.29) is 5.75 Å². The van der Waals surface area contributed by atoms with Gasteiger partial charge in [0.15, 0.2) is 0 Å². The van der Waals surface area contributed by atoms with E-state index in [0.717, 1.165) is 16.1 Å². The van der Waals surface area contributed by atoms with Crippen LogP contribution in [0, 0.1) is 0 Å². The van der Waals surface area contributed by atoms with Gasteiger partial charge in [-0.25, -0.2) is 0 Å². The Morgan fingerprint density at radius 2 is 1.62 bits per heavy atom. The zero-order valence-electron chi connectivity index (χ0n) is 11.0. The van der Waals surface area contributed by atoms with Crippen molar-refractivity contribution in [2.24, 2.45) is 0 Å². The van der Waals surface area contributed by atoms with Gasteiger partial charge in [-0.1, -0.05) is 41.9 Å². The molecule has 0 bridgehead atoms. The standard InChI is InChI=1S/C18H11ClOS/c19-12-9-15(11-5-7-13(20)8-6-11)18-14-3-1-2-4-16(14)21-17(18)10-12/h1-10,20H. The molecule has 0 aliphatic carbocycles. The van der Waals surface area contributed by atoms with E-state index in [2.05, 4.69) is 24.3 Å². The molecule has 3 heteroatoms. The Hall–Kier alpha value is -2.03. The van der Waals surface area contributed by atoms with Crippen LogP contribution in [0.1, 0.15) is 0 Å². The van der Waals surface area contributed by atoms with E-state index < -0.39 is 0 Å². The minimum absolute atomic E-state index is 0.271. The largest absolute Gasteiger partial charge is 0.508 e. The molecule has 0 saturated heterocycles. The van der Waals surface area contributed by atoms with Crippen LogP contribution in [-0.4, -0.2) is 5.11 Å². The SMILES string of the molecule is Oc1ccc(-c2cc(Cl)cc3sc4ccccc4c23)cc1. The number of hydrogen-bond acceptors (Lipinski definition) is 2. The molecule has 0 radical (unpaired) electrons. The molecule has 0 aliphatic rings. The molecule has 0 amide bonds. The van der Waals surface area contributed by atoms with E-state index in [1.54, 1.807) is 23.5 Å². The first-order valence-corrected chi connectivity index (χ1v) is 7.82. The summed E-state index contributed by atoms with van der Waals surface area (Å²) in [6, 6.07) is 19.7. The van der Waals surface area contributed by atoms with Crippen LogP contribution in [0.5, 0.6) is 5.75 Å². The first-order chi connectivity index (χ1) is 10.2. The molecule has 0 atom stereocenters. The fourth-order valence-electron chi connectivity index (χ4n) is 2.69. The van der Waals surface area contributed by atoms with Gasteiger partial charge >= 0.3 is 0 Å². The van der Waals surface area contributed by atoms with Crippen molar-refractivity contribution in [3.63, 3.8) is 0 Å². The molecule has 4 rings (SSSR count). The van der Waals surface area contributed by atoms with Crippen LogP contribution in [0.15, 0.2) is 60.7 Å². The first-order valence-electron chi connectivity index (χ1n) is 6.62.